The first-order valence-corrected chi connectivity index (χ1v) is 5.65. The molecule has 0 aliphatic carbocycles. The summed E-state index contributed by atoms with van der Waals surface area (Å²) in [6, 6.07) is 4.85. The fourth-order valence-electron chi connectivity index (χ4n) is 1.42. The van der Waals surface area contributed by atoms with Crippen molar-refractivity contribution in [3.05, 3.63) is 36.0 Å². The normalized spacial score (nSPS) is 11.8. The summed E-state index contributed by atoms with van der Waals surface area (Å²) in [5, 5.41) is 3.60. The molecule has 2 aromatic rings. The molecule has 0 aliphatic rings. The van der Waals surface area contributed by atoms with E-state index in [9.17, 15) is 4.39 Å². The molecule has 0 unspecified atom stereocenters. The van der Waals surface area contributed by atoms with Gasteiger partial charge in [-0.1, -0.05) is 11.2 Å². The van der Waals surface area contributed by atoms with Crippen LogP contribution in [0.3, 0.4) is 0 Å². The Morgan fingerprint density at radius 2 is 2.11 bits per heavy atom. The molecular formula is C13H15FN2O2. The summed E-state index contributed by atoms with van der Waals surface area (Å²) in [7, 11) is 0. The van der Waals surface area contributed by atoms with Gasteiger partial charge in [0.1, 0.15) is 5.82 Å². The lowest BCUT2D eigenvalue weighted by Gasteiger charge is -2.19. The van der Waals surface area contributed by atoms with Gasteiger partial charge in [0.05, 0.1) is 17.8 Å². The second-order valence-electron chi connectivity index (χ2n) is 4.97. The SMILES string of the molecule is CC(C)(C)OCc1ccc(-c2ncon2)c(F)c1. The van der Waals surface area contributed by atoms with Crippen molar-refractivity contribution in [3.8, 4) is 11.4 Å². The highest BCUT2D eigenvalue weighted by molar-refractivity contribution is 5.55. The number of hydrogen-bond donors (Lipinski definition) is 0. The average molecular weight is 250 g/mol. The zero-order valence-corrected chi connectivity index (χ0v) is 10.6. The van der Waals surface area contributed by atoms with Crippen LogP contribution in [0.15, 0.2) is 29.1 Å². The summed E-state index contributed by atoms with van der Waals surface area (Å²) in [4.78, 5) is 3.81. The summed E-state index contributed by atoms with van der Waals surface area (Å²) in [5.74, 6) is -0.137. The van der Waals surface area contributed by atoms with E-state index in [2.05, 4.69) is 14.7 Å². The topological polar surface area (TPSA) is 48.2 Å². The van der Waals surface area contributed by atoms with Gasteiger partial charge in [0, 0.05) is 0 Å². The molecule has 0 bridgehead atoms. The molecule has 0 fully saturated rings. The fraction of sp³-hybridized carbons (Fsp3) is 0.385. The monoisotopic (exact) mass is 250 g/mol. The van der Waals surface area contributed by atoms with Gasteiger partial charge >= 0.3 is 0 Å². The van der Waals surface area contributed by atoms with Crippen LogP contribution in [-0.2, 0) is 11.3 Å². The standard InChI is InChI=1S/C13H15FN2O2/c1-13(2,3)17-7-9-4-5-10(11(14)6-9)12-15-8-18-16-12/h4-6,8H,7H2,1-3H3. The quantitative estimate of drug-likeness (QED) is 0.839. The van der Waals surface area contributed by atoms with E-state index in [1.54, 1.807) is 12.1 Å². The molecule has 0 spiro atoms. The van der Waals surface area contributed by atoms with Gasteiger partial charge in [-0.25, -0.2) is 4.39 Å². The van der Waals surface area contributed by atoms with Crippen molar-refractivity contribution in [2.24, 2.45) is 0 Å². The van der Waals surface area contributed by atoms with Crippen LogP contribution in [0.2, 0.25) is 0 Å². The number of hydrogen-bond acceptors (Lipinski definition) is 4. The third-order valence-electron chi connectivity index (χ3n) is 2.31. The molecule has 0 N–H and O–H groups in total. The molecule has 1 heterocycles. The van der Waals surface area contributed by atoms with Crippen LogP contribution in [0.5, 0.6) is 0 Å². The van der Waals surface area contributed by atoms with Gasteiger partial charge in [0.15, 0.2) is 0 Å². The predicted molar refractivity (Wildman–Crippen MR) is 64.2 cm³/mol. The Kier molecular flexibility index (Phi) is 3.43. The van der Waals surface area contributed by atoms with Gasteiger partial charge in [0.25, 0.3) is 0 Å². The second-order valence-corrected chi connectivity index (χ2v) is 4.97. The van der Waals surface area contributed by atoms with E-state index in [1.807, 2.05) is 20.8 Å². The minimum absolute atomic E-state index is 0.246. The minimum Gasteiger partial charge on any atom is -0.371 e. The number of halogens is 1. The third-order valence-corrected chi connectivity index (χ3v) is 2.31. The van der Waals surface area contributed by atoms with E-state index in [4.69, 9.17) is 4.74 Å². The van der Waals surface area contributed by atoms with Crippen molar-refractivity contribution in [1.29, 1.82) is 0 Å². The van der Waals surface area contributed by atoms with Crippen molar-refractivity contribution < 1.29 is 13.7 Å². The van der Waals surface area contributed by atoms with Gasteiger partial charge in [0.2, 0.25) is 12.2 Å². The molecule has 4 nitrogen and oxygen atoms in total. The Balaban J connectivity index is 2.15. The molecule has 0 atom stereocenters. The van der Waals surface area contributed by atoms with Gasteiger partial charge < -0.3 is 9.26 Å². The highest BCUT2D eigenvalue weighted by Gasteiger charge is 2.13. The van der Waals surface area contributed by atoms with Crippen molar-refractivity contribution in [2.75, 3.05) is 0 Å². The first-order valence-electron chi connectivity index (χ1n) is 5.65. The molecule has 0 aliphatic heterocycles. The van der Waals surface area contributed by atoms with Crippen LogP contribution in [0.25, 0.3) is 11.4 Å². The Hall–Kier alpha value is -1.75. The van der Waals surface area contributed by atoms with E-state index in [-0.39, 0.29) is 17.2 Å². The van der Waals surface area contributed by atoms with Crippen LogP contribution in [0, 0.1) is 5.82 Å². The lowest BCUT2D eigenvalue weighted by atomic mass is 10.1. The summed E-state index contributed by atoms with van der Waals surface area (Å²) in [6.07, 6.45) is 1.17. The van der Waals surface area contributed by atoms with Crippen LogP contribution < -0.4 is 0 Å². The van der Waals surface area contributed by atoms with E-state index in [1.165, 1.54) is 12.5 Å². The Morgan fingerprint density at radius 3 is 2.67 bits per heavy atom. The Bertz CT molecular complexity index is 518. The van der Waals surface area contributed by atoms with Gasteiger partial charge in [-0.3, -0.25) is 0 Å². The summed E-state index contributed by atoms with van der Waals surface area (Å²) < 4.78 is 24.0. The minimum atomic E-state index is -0.383. The molecular weight excluding hydrogens is 235 g/mol. The first kappa shape index (κ1) is 12.7. The van der Waals surface area contributed by atoms with Crippen molar-refractivity contribution >= 4 is 0 Å². The van der Waals surface area contributed by atoms with E-state index < -0.39 is 0 Å². The van der Waals surface area contributed by atoms with Crippen LogP contribution in [-0.4, -0.2) is 15.7 Å². The molecule has 0 amide bonds. The number of nitrogens with zero attached hydrogens (tertiary/aromatic N) is 2. The van der Waals surface area contributed by atoms with Gasteiger partial charge in [-0.05, 0) is 38.5 Å². The number of benzene rings is 1. The van der Waals surface area contributed by atoms with Gasteiger partial charge in [-0.2, -0.15) is 4.98 Å². The van der Waals surface area contributed by atoms with E-state index >= 15 is 0 Å². The lowest BCUT2D eigenvalue weighted by Crippen LogP contribution is -2.18. The van der Waals surface area contributed by atoms with Crippen molar-refractivity contribution in [1.82, 2.24) is 10.1 Å². The maximum atomic E-state index is 13.9. The predicted octanol–water partition coefficient (Wildman–Crippen LogP) is 3.19. The average Bonchev–Trinajstić information content (AvgIpc) is 2.79. The Labute approximate surface area is 105 Å². The van der Waals surface area contributed by atoms with Crippen LogP contribution in [0.4, 0.5) is 4.39 Å². The maximum Gasteiger partial charge on any atom is 0.214 e. The van der Waals surface area contributed by atoms with Crippen LogP contribution in [0.1, 0.15) is 26.3 Å². The molecule has 0 radical (unpaired) electrons. The molecule has 1 aromatic carbocycles. The molecule has 18 heavy (non-hydrogen) atoms. The largest absolute Gasteiger partial charge is 0.371 e. The van der Waals surface area contributed by atoms with Crippen molar-refractivity contribution in [3.63, 3.8) is 0 Å². The van der Waals surface area contributed by atoms with E-state index in [0.29, 0.717) is 12.2 Å². The Morgan fingerprint density at radius 1 is 1.33 bits per heavy atom. The van der Waals surface area contributed by atoms with Crippen LogP contribution >= 0.6 is 0 Å². The second kappa shape index (κ2) is 4.86. The summed E-state index contributed by atoms with van der Waals surface area (Å²) in [6.45, 7) is 6.23. The zero-order valence-electron chi connectivity index (χ0n) is 10.6. The summed E-state index contributed by atoms with van der Waals surface area (Å²) in [5.41, 5.74) is 0.848. The molecule has 5 heteroatoms. The zero-order chi connectivity index (χ0) is 13.2. The maximum absolute atomic E-state index is 13.9. The van der Waals surface area contributed by atoms with Crippen molar-refractivity contribution in [2.45, 2.75) is 33.0 Å². The number of aromatic nitrogens is 2. The molecule has 0 saturated heterocycles. The lowest BCUT2D eigenvalue weighted by molar-refractivity contribution is -0.0150. The van der Waals surface area contributed by atoms with E-state index in [0.717, 1.165) is 5.56 Å². The molecule has 96 valence electrons. The highest BCUT2D eigenvalue weighted by Crippen LogP contribution is 2.21. The molecule has 2 rings (SSSR count). The molecule has 1 aromatic heterocycles. The fourth-order valence-corrected chi connectivity index (χ4v) is 1.42. The number of ether oxygens (including phenoxy) is 1. The highest BCUT2D eigenvalue weighted by atomic mass is 19.1. The summed E-state index contributed by atoms with van der Waals surface area (Å²) >= 11 is 0. The third kappa shape index (κ3) is 3.13. The molecule has 0 saturated carbocycles. The first-order chi connectivity index (χ1) is 8.46. The smallest absolute Gasteiger partial charge is 0.214 e. The van der Waals surface area contributed by atoms with Gasteiger partial charge in [-0.15, -0.1) is 0 Å². The number of rotatable bonds is 3.